The molecule has 1 amide bonds. The largest absolute Gasteiger partial charge is 0.320 e. The van der Waals surface area contributed by atoms with Gasteiger partial charge in [0.15, 0.2) is 0 Å². The number of hydrogen-bond donors (Lipinski definition) is 2. The molecule has 2 N–H and O–H groups in total. The number of nitro groups is 1. The lowest BCUT2D eigenvalue weighted by atomic mass is 10.0. The Kier molecular flexibility index (Phi) is 6.96. The molecule has 8 nitrogen and oxygen atoms in total. The molecule has 3 aromatic rings. The summed E-state index contributed by atoms with van der Waals surface area (Å²) < 4.78 is 41.8. The number of aryl methyl sites for hydroxylation is 1. The number of rotatable bonds is 8. The second kappa shape index (κ2) is 9.67. The fourth-order valence-corrected chi connectivity index (χ4v) is 4.26. The van der Waals surface area contributed by atoms with Crippen molar-refractivity contribution in [2.24, 2.45) is 0 Å². The van der Waals surface area contributed by atoms with Crippen molar-refractivity contribution in [2.45, 2.75) is 24.3 Å². The van der Waals surface area contributed by atoms with Gasteiger partial charge in [0.1, 0.15) is 11.5 Å². The second-order valence-electron chi connectivity index (χ2n) is 7.07. The van der Waals surface area contributed by atoms with Crippen LogP contribution in [0.2, 0.25) is 0 Å². The molecule has 166 valence electrons. The van der Waals surface area contributed by atoms with Gasteiger partial charge in [-0.3, -0.25) is 14.9 Å². The van der Waals surface area contributed by atoms with Crippen LogP contribution < -0.4 is 10.0 Å². The number of halogens is 1. The maximum absolute atomic E-state index is 13.6. The first-order valence-corrected chi connectivity index (χ1v) is 11.0. The summed E-state index contributed by atoms with van der Waals surface area (Å²) in [6.07, 6.45) is -0.372. The van der Waals surface area contributed by atoms with E-state index in [1.807, 2.05) is 6.92 Å². The molecular weight excluding hydrogens is 437 g/mol. The van der Waals surface area contributed by atoms with Gasteiger partial charge in [-0.2, -0.15) is 0 Å². The number of nitro benzene ring substituents is 1. The lowest BCUT2D eigenvalue weighted by molar-refractivity contribution is -0.384. The number of nitrogens with zero attached hydrogens (tertiary/aromatic N) is 1. The molecule has 0 unspecified atom stereocenters. The summed E-state index contributed by atoms with van der Waals surface area (Å²) in [5.74, 6) is -1.48. The average Bonchev–Trinajstić information content (AvgIpc) is 2.74. The SMILES string of the molecule is Cc1ccc(S(=O)(=O)N[C@@H](CC(=O)Nc2cc(F)ccc2[N+](=O)[O-])c2ccccc2)cc1. The molecule has 0 bridgehead atoms. The van der Waals surface area contributed by atoms with Crippen LogP contribution in [0.25, 0.3) is 0 Å². The van der Waals surface area contributed by atoms with E-state index < -0.39 is 38.4 Å². The molecule has 10 heteroatoms. The van der Waals surface area contributed by atoms with Gasteiger partial charge in [-0.1, -0.05) is 48.0 Å². The highest BCUT2D eigenvalue weighted by atomic mass is 32.2. The summed E-state index contributed by atoms with van der Waals surface area (Å²) in [5, 5.41) is 13.5. The van der Waals surface area contributed by atoms with E-state index >= 15 is 0 Å². The summed E-state index contributed by atoms with van der Waals surface area (Å²) in [7, 11) is -3.97. The minimum Gasteiger partial charge on any atom is -0.320 e. The van der Waals surface area contributed by atoms with Crippen molar-refractivity contribution in [1.82, 2.24) is 4.72 Å². The van der Waals surface area contributed by atoms with Crippen LogP contribution in [0, 0.1) is 22.9 Å². The van der Waals surface area contributed by atoms with Crippen LogP contribution in [0.5, 0.6) is 0 Å². The van der Waals surface area contributed by atoms with Crippen LogP contribution in [0.1, 0.15) is 23.6 Å². The van der Waals surface area contributed by atoms with Crippen molar-refractivity contribution in [3.63, 3.8) is 0 Å². The van der Waals surface area contributed by atoms with Crippen molar-refractivity contribution in [1.29, 1.82) is 0 Å². The van der Waals surface area contributed by atoms with Gasteiger partial charge in [-0.15, -0.1) is 0 Å². The molecule has 0 spiro atoms. The highest BCUT2D eigenvalue weighted by molar-refractivity contribution is 7.89. The quantitative estimate of drug-likeness (QED) is 0.390. The summed E-state index contributed by atoms with van der Waals surface area (Å²) in [4.78, 5) is 23.1. The molecule has 3 rings (SSSR count). The predicted molar refractivity (Wildman–Crippen MR) is 117 cm³/mol. The van der Waals surface area contributed by atoms with E-state index in [0.29, 0.717) is 5.56 Å². The third kappa shape index (κ3) is 5.74. The number of amides is 1. The van der Waals surface area contributed by atoms with Crippen LogP contribution in [-0.2, 0) is 14.8 Å². The van der Waals surface area contributed by atoms with Gasteiger partial charge in [0.2, 0.25) is 15.9 Å². The Morgan fingerprint density at radius 1 is 1.06 bits per heavy atom. The predicted octanol–water partition coefficient (Wildman–Crippen LogP) is 4.09. The minimum absolute atomic E-state index is 0.0326. The van der Waals surface area contributed by atoms with Crippen LogP contribution in [-0.4, -0.2) is 19.2 Å². The van der Waals surface area contributed by atoms with E-state index in [1.54, 1.807) is 42.5 Å². The van der Waals surface area contributed by atoms with Crippen molar-refractivity contribution in [3.05, 3.63) is 99.9 Å². The fourth-order valence-electron chi connectivity index (χ4n) is 3.04. The molecule has 0 heterocycles. The summed E-state index contributed by atoms with van der Waals surface area (Å²) in [5.41, 5.74) is 0.621. The van der Waals surface area contributed by atoms with Crippen LogP contribution in [0.4, 0.5) is 15.8 Å². The number of nitrogens with one attached hydrogen (secondary N) is 2. The fraction of sp³-hybridized carbons (Fsp3) is 0.136. The van der Waals surface area contributed by atoms with Crippen LogP contribution in [0.3, 0.4) is 0 Å². The Balaban J connectivity index is 1.86. The number of hydrogen-bond acceptors (Lipinski definition) is 5. The van der Waals surface area contributed by atoms with E-state index in [1.165, 1.54) is 12.1 Å². The summed E-state index contributed by atoms with van der Waals surface area (Å²) >= 11 is 0. The Labute approximate surface area is 184 Å². The highest BCUT2D eigenvalue weighted by Gasteiger charge is 2.25. The second-order valence-corrected chi connectivity index (χ2v) is 8.78. The normalized spacial score (nSPS) is 12.2. The number of sulfonamides is 1. The standard InChI is InChI=1S/C22H20FN3O5S/c1-15-7-10-18(11-8-15)32(30,31)25-19(16-5-3-2-4-6-16)14-22(27)24-20-13-17(23)9-12-21(20)26(28)29/h2-13,19,25H,14H2,1H3,(H,24,27)/t19-/m0/s1. The first-order chi connectivity index (χ1) is 15.2. The molecule has 0 aliphatic rings. The van der Waals surface area contributed by atoms with Crippen LogP contribution in [0.15, 0.2) is 77.7 Å². The Hall–Kier alpha value is -3.63. The topological polar surface area (TPSA) is 118 Å². The first kappa shape index (κ1) is 23.0. The minimum atomic E-state index is -3.97. The molecule has 3 aromatic carbocycles. The average molecular weight is 457 g/mol. The third-order valence-corrected chi connectivity index (χ3v) is 6.14. The Bertz CT molecular complexity index is 1230. The van der Waals surface area contributed by atoms with E-state index in [9.17, 15) is 27.7 Å². The molecule has 0 radical (unpaired) electrons. The molecule has 0 aromatic heterocycles. The molecule has 1 atom stereocenters. The zero-order chi connectivity index (χ0) is 23.3. The Morgan fingerprint density at radius 2 is 1.72 bits per heavy atom. The molecule has 0 fully saturated rings. The molecule has 0 saturated carbocycles. The molecule has 0 aliphatic carbocycles. The summed E-state index contributed by atoms with van der Waals surface area (Å²) in [6.45, 7) is 1.83. The smallest absolute Gasteiger partial charge is 0.292 e. The third-order valence-electron chi connectivity index (χ3n) is 4.65. The Morgan fingerprint density at radius 3 is 2.34 bits per heavy atom. The number of carbonyl (C=O) groups excluding carboxylic acids is 1. The lowest BCUT2D eigenvalue weighted by Crippen LogP contribution is -2.31. The van der Waals surface area contributed by atoms with Gasteiger partial charge in [-0.05, 0) is 30.7 Å². The van der Waals surface area contributed by atoms with Gasteiger partial charge < -0.3 is 5.32 Å². The molecule has 0 saturated heterocycles. The van der Waals surface area contributed by atoms with E-state index in [4.69, 9.17) is 0 Å². The molecular formula is C22H20FN3O5S. The maximum atomic E-state index is 13.6. The van der Waals surface area contributed by atoms with Crippen molar-refractivity contribution in [3.8, 4) is 0 Å². The van der Waals surface area contributed by atoms with Crippen molar-refractivity contribution < 1.29 is 22.5 Å². The first-order valence-electron chi connectivity index (χ1n) is 9.53. The summed E-state index contributed by atoms with van der Waals surface area (Å²) in [6, 6.07) is 16.4. The van der Waals surface area contributed by atoms with E-state index in [-0.39, 0.29) is 17.0 Å². The maximum Gasteiger partial charge on any atom is 0.292 e. The molecule has 0 aliphatic heterocycles. The zero-order valence-corrected chi connectivity index (χ0v) is 17.8. The molecule has 32 heavy (non-hydrogen) atoms. The van der Waals surface area contributed by atoms with E-state index in [2.05, 4.69) is 10.0 Å². The van der Waals surface area contributed by atoms with Crippen LogP contribution >= 0.6 is 0 Å². The monoisotopic (exact) mass is 457 g/mol. The highest BCUT2D eigenvalue weighted by Crippen LogP contribution is 2.27. The van der Waals surface area contributed by atoms with Gasteiger partial charge >= 0.3 is 0 Å². The van der Waals surface area contributed by atoms with Crippen molar-refractivity contribution in [2.75, 3.05) is 5.32 Å². The van der Waals surface area contributed by atoms with Gasteiger partial charge in [0, 0.05) is 18.6 Å². The zero-order valence-electron chi connectivity index (χ0n) is 17.0. The van der Waals surface area contributed by atoms with Gasteiger partial charge in [0.05, 0.1) is 15.9 Å². The van der Waals surface area contributed by atoms with Gasteiger partial charge in [-0.25, -0.2) is 17.5 Å². The van der Waals surface area contributed by atoms with Crippen molar-refractivity contribution >= 4 is 27.3 Å². The van der Waals surface area contributed by atoms with Gasteiger partial charge in [0.25, 0.3) is 5.69 Å². The van der Waals surface area contributed by atoms with E-state index in [0.717, 1.165) is 23.8 Å². The lowest BCUT2D eigenvalue weighted by Gasteiger charge is -2.19. The number of benzene rings is 3. The number of carbonyl (C=O) groups is 1. The number of anilines is 1.